The second-order valence-electron chi connectivity index (χ2n) is 8.32. The number of likely N-dealkylation sites (tertiary alicyclic amines) is 1. The van der Waals surface area contributed by atoms with E-state index in [4.69, 9.17) is 5.26 Å². The number of nitriles is 1. The molecule has 4 aliphatic rings. The molecule has 0 radical (unpaired) electrons. The number of halogens is 1. The van der Waals surface area contributed by atoms with Crippen LogP contribution in [0.5, 0.6) is 0 Å². The van der Waals surface area contributed by atoms with Gasteiger partial charge in [-0.3, -0.25) is 4.79 Å². The zero-order valence-corrected chi connectivity index (χ0v) is 16.6. The maximum Gasteiger partial charge on any atom is 0.237 e. The quantitative estimate of drug-likeness (QED) is 0.759. The topological polar surface area (TPSA) is 85.2 Å². The van der Waals surface area contributed by atoms with Crippen molar-refractivity contribution >= 4 is 16.9 Å². The smallest absolute Gasteiger partial charge is 0.237 e. The molecule has 2 bridgehead atoms. The largest absolute Gasteiger partial charge is 0.326 e. The van der Waals surface area contributed by atoms with Gasteiger partial charge >= 0.3 is 0 Å². The van der Waals surface area contributed by atoms with Gasteiger partial charge in [0.2, 0.25) is 5.91 Å². The molecule has 1 aromatic rings. The number of fused-ring (bicyclic) bond motifs is 2. The maximum absolute atomic E-state index is 13.1. The number of nitrogens with zero attached hydrogens (tertiary/aromatic N) is 2. The van der Waals surface area contributed by atoms with Gasteiger partial charge in [-0.05, 0) is 69.2 Å². The number of benzene rings is 1. The van der Waals surface area contributed by atoms with Crippen LogP contribution in [0.25, 0.3) is 0 Å². The summed E-state index contributed by atoms with van der Waals surface area (Å²) in [7, 11) is -1.39. The summed E-state index contributed by atoms with van der Waals surface area (Å²) in [4.78, 5) is 14.8. The third-order valence-corrected chi connectivity index (χ3v) is 7.66. The lowest BCUT2D eigenvalue weighted by Crippen LogP contribution is -2.72. The van der Waals surface area contributed by atoms with Gasteiger partial charge in [0.05, 0.1) is 17.5 Å². The van der Waals surface area contributed by atoms with Crippen LogP contribution in [0.2, 0.25) is 0 Å². The summed E-state index contributed by atoms with van der Waals surface area (Å²) in [5.41, 5.74) is -0.299. The third kappa shape index (κ3) is 3.71. The predicted octanol–water partition coefficient (Wildman–Crippen LogP) is 2.00. The average molecular weight is 405 g/mol. The van der Waals surface area contributed by atoms with Gasteiger partial charge in [0, 0.05) is 17.6 Å². The number of rotatable bonds is 6. The van der Waals surface area contributed by atoms with Crippen molar-refractivity contribution in [2.45, 2.75) is 67.0 Å². The summed E-state index contributed by atoms with van der Waals surface area (Å²) in [6.45, 7) is 0.906. The molecule has 6 nitrogen and oxygen atoms in total. The summed E-state index contributed by atoms with van der Waals surface area (Å²) >= 11 is 0. The molecule has 4 fully saturated rings. The Morgan fingerprint density at radius 3 is 2.68 bits per heavy atom. The van der Waals surface area contributed by atoms with E-state index < -0.39 is 11.0 Å². The van der Waals surface area contributed by atoms with Crippen LogP contribution in [-0.2, 0) is 15.8 Å². The van der Waals surface area contributed by atoms with Crippen LogP contribution in [0, 0.1) is 17.1 Å². The predicted molar refractivity (Wildman–Crippen MR) is 103 cm³/mol. The van der Waals surface area contributed by atoms with E-state index in [1.54, 1.807) is 17.0 Å². The molecule has 1 aromatic carbocycles. The lowest BCUT2D eigenvalue weighted by molar-refractivity contribution is -0.131. The molecule has 3 saturated carbocycles. The minimum Gasteiger partial charge on any atom is -0.326 e. The average Bonchev–Trinajstić information content (AvgIpc) is 3.15. The Morgan fingerprint density at radius 2 is 1.96 bits per heavy atom. The summed E-state index contributed by atoms with van der Waals surface area (Å²) in [5.74, 6) is -0.353. The van der Waals surface area contributed by atoms with Gasteiger partial charge in [-0.25, -0.2) is 13.3 Å². The van der Waals surface area contributed by atoms with Gasteiger partial charge in [-0.15, -0.1) is 0 Å². The van der Waals surface area contributed by atoms with E-state index in [2.05, 4.69) is 16.1 Å². The lowest BCUT2D eigenvalue weighted by atomic mass is 9.55. The van der Waals surface area contributed by atoms with Crippen LogP contribution in [0.15, 0.2) is 29.2 Å². The van der Waals surface area contributed by atoms with E-state index in [1.165, 1.54) is 12.1 Å². The molecule has 3 aliphatic carbocycles. The van der Waals surface area contributed by atoms with Crippen molar-refractivity contribution in [1.29, 1.82) is 5.26 Å². The maximum atomic E-state index is 13.1. The standard InChI is InChI=1S/C20H25FN4O2S/c21-15-4-6-17(7-5-15)28(27)24-20-9-2-8-19(13-20,14-20)23-12-18(26)25-10-1-3-16(25)11-22/h4-7,16,23-24H,1-3,8-10,12-14H2. The Kier molecular flexibility index (Phi) is 5.25. The molecule has 150 valence electrons. The first-order valence-corrected chi connectivity index (χ1v) is 11.0. The third-order valence-electron chi connectivity index (χ3n) is 6.34. The van der Waals surface area contributed by atoms with Gasteiger partial charge in [-0.2, -0.15) is 5.26 Å². The minimum atomic E-state index is -1.39. The molecule has 5 rings (SSSR count). The Labute approximate surface area is 167 Å². The molecule has 1 saturated heterocycles. The fraction of sp³-hybridized carbons (Fsp3) is 0.600. The van der Waals surface area contributed by atoms with E-state index in [0.29, 0.717) is 11.4 Å². The number of amides is 1. The Balaban J connectivity index is 1.33. The molecule has 0 spiro atoms. The van der Waals surface area contributed by atoms with Gasteiger partial charge in [0.25, 0.3) is 0 Å². The molecule has 2 N–H and O–H groups in total. The first kappa shape index (κ1) is 19.5. The fourth-order valence-corrected chi connectivity index (χ4v) is 6.22. The second-order valence-corrected chi connectivity index (χ2v) is 9.53. The van der Waals surface area contributed by atoms with E-state index in [0.717, 1.165) is 44.9 Å². The van der Waals surface area contributed by atoms with Gasteiger partial charge in [0.1, 0.15) is 22.8 Å². The Bertz CT molecular complexity index is 816. The molecule has 2 atom stereocenters. The monoisotopic (exact) mass is 404 g/mol. The van der Waals surface area contributed by atoms with Gasteiger partial charge in [-0.1, -0.05) is 0 Å². The minimum absolute atomic E-state index is 0.00986. The highest BCUT2D eigenvalue weighted by molar-refractivity contribution is 7.83. The van der Waals surface area contributed by atoms with E-state index in [-0.39, 0.29) is 35.4 Å². The fourth-order valence-electron chi connectivity index (χ4n) is 5.08. The highest BCUT2D eigenvalue weighted by atomic mass is 32.2. The molecule has 1 amide bonds. The molecule has 1 aliphatic heterocycles. The van der Waals surface area contributed by atoms with Crippen molar-refractivity contribution in [3.8, 4) is 6.07 Å². The van der Waals surface area contributed by atoms with Gasteiger partial charge in [0.15, 0.2) is 0 Å². The highest BCUT2D eigenvalue weighted by Crippen LogP contribution is 2.52. The molecule has 0 aromatic heterocycles. The van der Waals surface area contributed by atoms with Crippen molar-refractivity contribution in [3.05, 3.63) is 30.1 Å². The summed E-state index contributed by atoms with van der Waals surface area (Å²) in [6, 6.07) is 7.64. The molecular formula is C20H25FN4O2S. The molecule has 2 unspecified atom stereocenters. The van der Waals surface area contributed by atoms with E-state index >= 15 is 0 Å². The Morgan fingerprint density at radius 1 is 1.25 bits per heavy atom. The van der Waals surface area contributed by atoms with E-state index in [1.807, 2.05) is 0 Å². The molecule has 8 heteroatoms. The number of carbonyl (C=O) groups is 1. The molecule has 28 heavy (non-hydrogen) atoms. The van der Waals surface area contributed by atoms with Crippen molar-refractivity contribution in [2.24, 2.45) is 0 Å². The number of nitrogens with one attached hydrogen (secondary N) is 2. The summed E-state index contributed by atoms with van der Waals surface area (Å²) in [5, 5.41) is 12.6. The zero-order valence-electron chi connectivity index (χ0n) is 15.7. The van der Waals surface area contributed by atoms with E-state index in [9.17, 15) is 13.4 Å². The van der Waals surface area contributed by atoms with Crippen molar-refractivity contribution in [2.75, 3.05) is 13.1 Å². The first-order chi connectivity index (χ1) is 13.4. The zero-order chi connectivity index (χ0) is 19.8. The summed E-state index contributed by atoms with van der Waals surface area (Å²) < 4.78 is 29.0. The molecular weight excluding hydrogens is 379 g/mol. The highest BCUT2D eigenvalue weighted by Gasteiger charge is 2.57. The number of hydrogen-bond acceptors (Lipinski definition) is 4. The van der Waals surface area contributed by atoms with Crippen LogP contribution in [0.3, 0.4) is 0 Å². The van der Waals surface area contributed by atoms with Crippen molar-refractivity contribution in [1.82, 2.24) is 14.9 Å². The van der Waals surface area contributed by atoms with Crippen molar-refractivity contribution < 1.29 is 13.4 Å². The number of hydrogen-bond donors (Lipinski definition) is 2. The van der Waals surface area contributed by atoms with Crippen LogP contribution in [0.1, 0.15) is 44.9 Å². The van der Waals surface area contributed by atoms with Crippen molar-refractivity contribution in [3.63, 3.8) is 0 Å². The van der Waals surface area contributed by atoms with Crippen LogP contribution in [0.4, 0.5) is 4.39 Å². The first-order valence-electron chi connectivity index (χ1n) is 9.84. The van der Waals surface area contributed by atoms with Gasteiger partial charge < -0.3 is 10.2 Å². The normalized spacial score (nSPS) is 32.4. The number of carbonyl (C=O) groups excluding carboxylic acids is 1. The van der Waals surface area contributed by atoms with Crippen LogP contribution < -0.4 is 10.0 Å². The second kappa shape index (κ2) is 7.54. The molecule has 1 heterocycles. The summed E-state index contributed by atoms with van der Waals surface area (Å²) in [6.07, 6.45) is 6.23. The lowest BCUT2D eigenvalue weighted by Gasteiger charge is -2.61. The van der Waals surface area contributed by atoms with Crippen LogP contribution >= 0.6 is 0 Å². The Hall–Kier alpha value is -1.82. The van der Waals surface area contributed by atoms with Crippen LogP contribution in [-0.4, -0.2) is 45.2 Å². The SMILES string of the molecule is N#CC1CCCN1C(=O)CNC12CCCC(NS(=O)c3ccc(F)cc3)(C1)C2.